The van der Waals surface area contributed by atoms with E-state index in [2.05, 4.69) is 0 Å². The molecule has 6 atom stereocenters. The molecule has 0 rings (SSSR count). The van der Waals surface area contributed by atoms with Crippen LogP contribution in [0.25, 0.3) is 0 Å². The van der Waals surface area contributed by atoms with E-state index in [1.807, 2.05) is 0 Å². The van der Waals surface area contributed by atoms with E-state index in [4.69, 9.17) is 0 Å². The van der Waals surface area contributed by atoms with Gasteiger partial charge < -0.3 is 4.55 Å². The molecule has 26 heavy (non-hydrogen) atoms. The third-order valence-corrected chi connectivity index (χ3v) is 3.57. The monoisotopic (exact) mass is 462 g/mol. The van der Waals surface area contributed by atoms with Crippen molar-refractivity contribution in [1.82, 2.24) is 0 Å². The van der Waals surface area contributed by atoms with Crippen LogP contribution < -0.4 is 51.4 Å². The molecule has 0 bridgehead atoms. The molecule has 0 aliphatic heterocycles. The summed E-state index contributed by atoms with van der Waals surface area (Å²) in [6.07, 6.45) is -27.2. The number of hydrogen-bond donors (Lipinski definition) is 0. The zero-order chi connectivity index (χ0) is 20.5. The molecular weight excluding hydrogens is 455 g/mol. The van der Waals surface area contributed by atoms with Crippen molar-refractivity contribution in [2.24, 2.45) is 0 Å². The third-order valence-electron chi connectivity index (χ3n) is 2.76. The van der Waals surface area contributed by atoms with Gasteiger partial charge >= 0.3 is 63.2 Å². The van der Waals surface area contributed by atoms with Gasteiger partial charge in [-0.3, -0.25) is 0 Å². The fourth-order valence-corrected chi connectivity index (χ4v) is 1.89. The molecule has 0 N–H and O–H groups in total. The summed E-state index contributed by atoms with van der Waals surface area (Å²) in [7, 11) is -6.83. The van der Waals surface area contributed by atoms with E-state index in [1.165, 1.54) is 0 Å². The Morgan fingerprint density at radius 2 is 1.00 bits per heavy atom. The smallest absolute Gasteiger partial charge is 0.746 e. The molecule has 0 aliphatic rings. The molecule has 0 fully saturated rings. The van der Waals surface area contributed by atoms with Gasteiger partial charge in [-0.25, -0.2) is 43.5 Å². The van der Waals surface area contributed by atoms with E-state index < -0.39 is 64.8 Å². The van der Waals surface area contributed by atoms with Crippen LogP contribution in [0.1, 0.15) is 0 Å². The minimum Gasteiger partial charge on any atom is -0.746 e. The number of rotatable bonds is 9. The average molecular weight is 462 g/mol. The van der Waals surface area contributed by atoms with Gasteiger partial charge in [-0.15, -0.1) is 0 Å². The van der Waals surface area contributed by atoms with Crippen molar-refractivity contribution < 1.29 is 117 Å². The largest absolute Gasteiger partial charge is 1.00 e. The van der Waals surface area contributed by atoms with Crippen molar-refractivity contribution in [3.05, 3.63) is 0 Å². The van der Waals surface area contributed by atoms with Crippen LogP contribution in [0.15, 0.2) is 0 Å². The van der Waals surface area contributed by atoms with Crippen LogP contribution in [0.3, 0.4) is 0 Å². The van der Waals surface area contributed by atoms with E-state index in [0.717, 1.165) is 0 Å². The number of halogens is 12. The molecule has 0 saturated heterocycles. The fourth-order valence-electron chi connectivity index (χ4n) is 1.37. The molecule has 0 aromatic heterocycles. The summed E-state index contributed by atoms with van der Waals surface area (Å²) in [5.41, 5.74) is -5.31. The Hall–Kier alpha value is 0.706. The zero-order valence-electron chi connectivity index (χ0n) is 12.2. The first-order valence-corrected chi connectivity index (χ1v) is 7.20. The number of alkyl halides is 12. The molecular formula is C9H7F12KO3S. The van der Waals surface area contributed by atoms with Crippen LogP contribution >= 0.6 is 0 Å². The van der Waals surface area contributed by atoms with Gasteiger partial charge in [0.15, 0.2) is 24.7 Å². The molecule has 0 radical (unpaired) electrons. The van der Waals surface area contributed by atoms with Crippen molar-refractivity contribution in [3.63, 3.8) is 0 Å². The molecule has 0 spiro atoms. The summed E-state index contributed by atoms with van der Waals surface area (Å²) >= 11 is 0. The standard InChI is InChI=1S/C9H8F12O3S.K/c10-1(2(11)4(13)6(15)16)3(12)5(14)8(18,19)9(20,21)7(17)25(22,23)24;/h1-7H,(H,22,23,24);/q;+1/p-1. The van der Waals surface area contributed by atoms with Crippen LogP contribution in [0.5, 0.6) is 0 Å². The first-order chi connectivity index (χ1) is 10.9. The summed E-state index contributed by atoms with van der Waals surface area (Å²) in [6, 6.07) is 0. The molecule has 6 unspecified atom stereocenters. The van der Waals surface area contributed by atoms with Crippen molar-refractivity contribution in [3.8, 4) is 0 Å². The molecule has 3 nitrogen and oxygen atoms in total. The SMILES string of the molecule is O=S(=O)([O-])C(F)C(F)(F)C(F)(F)C(F)C(F)C(F)C(F)C(F)C(F)F.[K+]. The quantitative estimate of drug-likeness (QED) is 0.277. The Balaban J connectivity index is 0. The second-order valence-corrected chi connectivity index (χ2v) is 5.97. The first-order valence-electron chi connectivity index (χ1n) is 5.73. The summed E-state index contributed by atoms with van der Waals surface area (Å²) in [4.78, 5) is 0. The van der Waals surface area contributed by atoms with Crippen LogP contribution in [-0.2, 0) is 10.1 Å². The minimum atomic E-state index is -6.83. The maximum Gasteiger partial charge on any atom is 1.00 e. The Morgan fingerprint density at radius 3 is 1.31 bits per heavy atom. The summed E-state index contributed by atoms with van der Waals surface area (Å²) in [6.45, 7) is 0. The number of hydrogen-bond acceptors (Lipinski definition) is 3. The molecule has 0 amide bonds. The van der Waals surface area contributed by atoms with Gasteiger partial charge in [-0.1, -0.05) is 0 Å². The zero-order valence-corrected chi connectivity index (χ0v) is 16.1. The molecule has 152 valence electrons. The molecule has 0 aliphatic carbocycles. The van der Waals surface area contributed by atoms with Crippen molar-refractivity contribution in [2.45, 2.75) is 54.6 Å². The Kier molecular flexibility index (Phi) is 11.1. The van der Waals surface area contributed by atoms with Gasteiger partial charge in [0.05, 0.1) is 0 Å². The van der Waals surface area contributed by atoms with Gasteiger partial charge in [-0.05, 0) is 0 Å². The van der Waals surface area contributed by atoms with Gasteiger partial charge in [0.1, 0.15) is 10.1 Å². The van der Waals surface area contributed by atoms with Gasteiger partial charge in [-0.2, -0.15) is 17.6 Å². The predicted octanol–water partition coefficient (Wildman–Crippen LogP) is 0.0574. The molecule has 17 heteroatoms. The maximum atomic E-state index is 13.1. The Bertz CT molecular complexity index is 546. The van der Waals surface area contributed by atoms with E-state index in [0.29, 0.717) is 0 Å². The van der Waals surface area contributed by atoms with Crippen LogP contribution in [0.2, 0.25) is 0 Å². The minimum absolute atomic E-state index is 0. The van der Waals surface area contributed by atoms with Gasteiger partial charge in [0.2, 0.25) is 6.17 Å². The van der Waals surface area contributed by atoms with Crippen molar-refractivity contribution in [1.29, 1.82) is 0 Å². The second kappa shape index (κ2) is 9.95. The topological polar surface area (TPSA) is 57.2 Å². The Labute approximate surface area is 180 Å². The van der Waals surface area contributed by atoms with Crippen molar-refractivity contribution >= 4 is 10.1 Å². The van der Waals surface area contributed by atoms with E-state index in [1.54, 1.807) is 0 Å². The normalized spacial score (nSPS) is 20.7. The van der Waals surface area contributed by atoms with E-state index in [9.17, 15) is 65.7 Å². The second-order valence-electron chi connectivity index (χ2n) is 4.57. The van der Waals surface area contributed by atoms with Crippen LogP contribution in [-0.4, -0.2) is 67.6 Å². The first kappa shape index (κ1) is 28.9. The molecule has 0 heterocycles. The summed E-state index contributed by atoms with van der Waals surface area (Å²) in [5, 5.41) is 0. The Morgan fingerprint density at radius 1 is 0.654 bits per heavy atom. The van der Waals surface area contributed by atoms with E-state index in [-0.39, 0.29) is 51.4 Å². The van der Waals surface area contributed by atoms with Crippen LogP contribution in [0, 0.1) is 0 Å². The maximum absolute atomic E-state index is 13.1. The fraction of sp³-hybridized carbons (Fsp3) is 1.00. The van der Waals surface area contributed by atoms with E-state index >= 15 is 0 Å². The van der Waals surface area contributed by atoms with Gasteiger partial charge in [0.25, 0.3) is 11.9 Å². The van der Waals surface area contributed by atoms with Crippen molar-refractivity contribution in [2.75, 3.05) is 0 Å². The van der Waals surface area contributed by atoms with Gasteiger partial charge in [0, 0.05) is 0 Å². The molecule has 0 aromatic carbocycles. The third kappa shape index (κ3) is 6.10. The summed E-state index contributed by atoms with van der Waals surface area (Å²) < 4.78 is 183. The predicted molar refractivity (Wildman–Crippen MR) is 55.0 cm³/mol. The molecule has 0 saturated carbocycles. The molecule has 0 aromatic rings. The summed E-state index contributed by atoms with van der Waals surface area (Å²) in [5.74, 6) is -13.5. The average Bonchev–Trinajstić information content (AvgIpc) is 2.48. The van der Waals surface area contributed by atoms with Crippen LogP contribution in [0.4, 0.5) is 52.7 Å².